The number of nitrogens with one attached hydrogen (secondary N) is 1. The van der Waals surface area contributed by atoms with Gasteiger partial charge in [0.1, 0.15) is 11.8 Å². The molecular weight excluding hydrogens is 188 g/mol. The Kier molecular flexibility index (Phi) is 4.65. The standard InChI is InChI=1S/C12H16N2O/c1-3-12(14-2)10-4-6-11(7-5-10)15-9-8-13/h4-7,12,14H,3,9H2,1-2H3. The first kappa shape index (κ1) is 11.5. The van der Waals surface area contributed by atoms with Gasteiger partial charge in [0.25, 0.3) is 0 Å². The lowest BCUT2D eigenvalue weighted by molar-refractivity contribution is 0.368. The molecule has 0 aromatic heterocycles. The monoisotopic (exact) mass is 204 g/mol. The van der Waals surface area contributed by atoms with Crippen molar-refractivity contribution in [1.29, 1.82) is 5.26 Å². The van der Waals surface area contributed by atoms with Crippen LogP contribution < -0.4 is 10.1 Å². The normalized spacial score (nSPS) is 11.8. The van der Waals surface area contributed by atoms with E-state index in [4.69, 9.17) is 10.00 Å². The quantitative estimate of drug-likeness (QED) is 0.800. The first-order valence-corrected chi connectivity index (χ1v) is 5.08. The van der Waals surface area contributed by atoms with Crippen molar-refractivity contribution in [3.8, 4) is 11.8 Å². The van der Waals surface area contributed by atoms with Crippen LogP contribution in [0.15, 0.2) is 24.3 Å². The lowest BCUT2D eigenvalue weighted by Gasteiger charge is -2.14. The molecule has 1 unspecified atom stereocenters. The van der Waals surface area contributed by atoms with E-state index < -0.39 is 0 Å². The van der Waals surface area contributed by atoms with Crippen molar-refractivity contribution in [3.05, 3.63) is 29.8 Å². The largest absolute Gasteiger partial charge is 0.479 e. The second kappa shape index (κ2) is 6.05. The third-order valence-corrected chi connectivity index (χ3v) is 2.34. The van der Waals surface area contributed by atoms with Gasteiger partial charge in [0, 0.05) is 6.04 Å². The summed E-state index contributed by atoms with van der Waals surface area (Å²) in [5.74, 6) is 0.742. The summed E-state index contributed by atoms with van der Waals surface area (Å²) in [4.78, 5) is 0. The Morgan fingerprint density at radius 3 is 2.53 bits per heavy atom. The van der Waals surface area contributed by atoms with Crippen LogP contribution in [0, 0.1) is 11.3 Å². The second-order valence-corrected chi connectivity index (χ2v) is 3.27. The molecule has 1 aromatic rings. The number of hydrogen-bond acceptors (Lipinski definition) is 3. The molecule has 0 saturated heterocycles. The highest BCUT2D eigenvalue weighted by Crippen LogP contribution is 2.19. The Labute approximate surface area is 90.7 Å². The van der Waals surface area contributed by atoms with Gasteiger partial charge < -0.3 is 10.1 Å². The number of nitrogens with zero attached hydrogens (tertiary/aromatic N) is 1. The molecule has 0 bridgehead atoms. The van der Waals surface area contributed by atoms with Crippen molar-refractivity contribution in [2.75, 3.05) is 13.7 Å². The minimum absolute atomic E-state index is 0.0998. The maximum Gasteiger partial charge on any atom is 0.174 e. The lowest BCUT2D eigenvalue weighted by Crippen LogP contribution is -2.14. The molecule has 0 aliphatic heterocycles. The van der Waals surface area contributed by atoms with Crippen molar-refractivity contribution in [1.82, 2.24) is 5.32 Å². The van der Waals surface area contributed by atoms with E-state index in [0.717, 1.165) is 12.2 Å². The Balaban J connectivity index is 2.67. The Morgan fingerprint density at radius 1 is 1.40 bits per heavy atom. The summed E-state index contributed by atoms with van der Waals surface area (Å²) >= 11 is 0. The summed E-state index contributed by atoms with van der Waals surface area (Å²) < 4.78 is 5.18. The summed E-state index contributed by atoms with van der Waals surface area (Å²) in [6.07, 6.45) is 1.05. The highest BCUT2D eigenvalue weighted by Gasteiger charge is 2.05. The van der Waals surface area contributed by atoms with Crippen molar-refractivity contribution in [3.63, 3.8) is 0 Å². The number of rotatable bonds is 5. The third-order valence-electron chi connectivity index (χ3n) is 2.34. The third kappa shape index (κ3) is 3.26. The van der Waals surface area contributed by atoms with Gasteiger partial charge in [-0.2, -0.15) is 5.26 Å². The zero-order valence-corrected chi connectivity index (χ0v) is 9.16. The van der Waals surface area contributed by atoms with E-state index in [1.54, 1.807) is 0 Å². The SMILES string of the molecule is CCC(NC)c1ccc(OCC#N)cc1. The van der Waals surface area contributed by atoms with Gasteiger partial charge in [0.05, 0.1) is 0 Å². The Morgan fingerprint density at radius 2 is 2.07 bits per heavy atom. The zero-order chi connectivity index (χ0) is 11.1. The van der Waals surface area contributed by atoms with E-state index in [9.17, 15) is 0 Å². The molecule has 1 rings (SSSR count). The van der Waals surface area contributed by atoms with Crippen LogP contribution in [0.3, 0.4) is 0 Å². The molecule has 3 heteroatoms. The molecule has 80 valence electrons. The smallest absolute Gasteiger partial charge is 0.174 e. The average Bonchev–Trinajstić information content (AvgIpc) is 2.29. The van der Waals surface area contributed by atoms with Gasteiger partial charge in [0.15, 0.2) is 6.61 Å². The molecule has 0 aliphatic carbocycles. The summed E-state index contributed by atoms with van der Waals surface area (Å²) in [5, 5.41) is 11.6. The molecular formula is C12H16N2O. The molecule has 0 radical (unpaired) electrons. The second-order valence-electron chi connectivity index (χ2n) is 3.27. The van der Waals surface area contributed by atoms with Crippen molar-refractivity contribution in [2.24, 2.45) is 0 Å². The van der Waals surface area contributed by atoms with Crippen LogP contribution in [0.5, 0.6) is 5.75 Å². The zero-order valence-electron chi connectivity index (χ0n) is 9.16. The van der Waals surface area contributed by atoms with E-state index >= 15 is 0 Å². The predicted octanol–water partition coefficient (Wildman–Crippen LogP) is 2.26. The fourth-order valence-electron chi connectivity index (χ4n) is 1.52. The van der Waals surface area contributed by atoms with E-state index in [-0.39, 0.29) is 6.61 Å². The lowest BCUT2D eigenvalue weighted by atomic mass is 10.1. The number of ether oxygens (including phenoxy) is 1. The fraction of sp³-hybridized carbons (Fsp3) is 0.417. The van der Waals surface area contributed by atoms with Gasteiger partial charge in [-0.25, -0.2) is 0 Å². The first-order chi connectivity index (χ1) is 7.31. The van der Waals surface area contributed by atoms with Crippen LogP contribution in [0.2, 0.25) is 0 Å². The van der Waals surface area contributed by atoms with Gasteiger partial charge in [-0.05, 0) is 31.2 Å². The van der Waals surface area contributed by atoms with E-state index in [1.165, 1.54) is 5.56 Å². The highest BCUT2D eigenvalue weighted by atomic mass is 16.5. The van der Waals surface area contributed by atoms with Crippen LogP contribution in [0.4, 0.5) is 0 Å². The van der Waals surface area contributed by atoms with Crippen LogP contribution in [0.25, 0.3) is 0 Å². The minimum atomic E-state index is 0.0998. The van der Waals surface area contributed by atoms with Gasteiger partial charge in [-0.15, -0.1) is 0 Å². The molecule has 1 aromatic carbocycles. The maximum atomic E-state index is 8.36. The van der Waals surface area contributed by atoms with Gasteiger partial charge in [-0.3, -0.25) is 0 Å². The highest BCUT2D eigenvalue weighted by molar-refractivity contribution is 5.29. The summed E-state index contributed by atoms with van der Waals surface area (Å²) in [5.41, 5.74) is 1.24. The fourth-order valence-corrected chi connectivity index (χ4v) is 1.52. The molecule has 1 atom stereocenters. The van der Waals surface area contributed by atoms with E-state index in [0.29, 0.717) is 6.04 Å². The minimum Gasteiger partial charge on any atom is -0.479 e. The molecule has 0 spiro atoms. The Bertz CT molecular complexity index is 322. The van der Waals surface area contributed by atoms with E-state index in [1.807, 2.05) is 37.4 Å². The molecule has 0 fully saturated rings. The summed E-state index contributed by atoms with van der Waals surface area (Å²) in [6, 6.07) is 10.2. The average molecular weight is 204 g/mol. The molecule has 0 aliphatic rings. The van der Waals surface area contributed by atoms with Crippen LogP contribution in [-0.4, -0.2) is 13.7 Å². The number of benzene rings is 1. The van der Waals surface area contributed by atoms with Gasteiger partial charge in [-0.1, -0.05) is 19.1 Å². The number of hydrogen-bond donors (Lipinski definition) is 1. The van der Waals surface area contributed by atoms with Crippen molar-refractivity contribution in [2.45, 2.75) is 19.4 Å². The molecule has 0 saturated carbocycles. The predicted molar refractivity (Wildman–Crippen MR) is 59.6 cm³/mol. The molecule has 15 heavy (non-hydrogen) atoms. The van der Waals surface area contributed by atoms with Crippen molar-refractivity contribution < 1.29 is 4.74 Å². The van der Waals surface area contributed by atoms with Gasteiger partial charge in [0.2, 0.25) is 0 Å². The summed E-state index contributed by atoms with van der Waals surface area (Å²) in [6.45, 7) is 2.24. The van der Waals surface area contributed by atoms with E-state index in [2.05, 4.69) is 12.2 Å². The van der Waals surface area contributed by atoms with Crippen LogP contribution in [-0.2, 0) is 0 Å². The van der Waals surface area contributed by atoms with Crippen LogP contribution >= 0.6 is 0 Å². The molecule has 1 N–H and O–H groups in total. The summed E-state index contributed by atoms with van der Waals surface area (Å²) in [7, 11) is 1.95. The Hall–Kier alpha value is -1.53. The van der Waals surface area contributed by atoms with Crippen LogP contribution in [0.1, 0.15) is 24.9 Å². The maximum absolute atomic E-state index is 8.36. The molecule has 3 nitrogen and oxygen atoms in total. The van der Waals surface area contributed by atoms with Crippen molar-refractivity contribution >= 4 is 0 Å². The van der Waals surface area contributed by atoms with Gasteiger partial charge >= 0.3 is 0 Å². The molecule has 0 amide bonds. The first-order valence-electron chi connectivity index (χ1n) is 5.08. The topological polar surface area (TPSA) is 45.0 Å². The number of nitriles is 1. The molecule has 0 heterocycles.